The van der Waals surface area contributed by atoms with Gasteiger partial charge in [0.05, 0.1) is 13.2 Å². The van der Waals surface area contributed by atoms with E-state index in [4.69, 9.17) is 4.74 Å². The van der Waals surface area contributed by atoms with Crippen molar-refractivity contribution in [1.82, 2.24) is 9.88 Å². The van der Waals surface area contributed by atoms with E-state index in [1.54, 1.807) is 0 Å². The van der Waals surface area contributed by atoms with Gasteiger partial charge in [-0.25, -0.2) is 0 Å². The maximum Gasteiger partial charge on any atom is 0.0672 e. The highest BCUT2D eigenvalue weighted by Gasteiger charge is 1.95. The number of ether oxygens (including phenoxy) is 1. The predicted molar refractivity (Wildman–Crippen MR) is 67.4 cm³/mol. The number of aromatic nitrogens is 1. The molecule has 0 amide bonds. The average Bonchev–Trinajstić information content (AvgIpc) is 2.70. The van der Waals surface area contributed by atoms with Crippen LogP contribution in [0.15, 0.2) is 30.6 Å². The zero-order chi connectivity index (χ0) is 11.8. The summed E-state index contributed by atoms with van der Waals surface area (Å²) in [5, 5.41) is 3.34. The van der Waals surface area contributed by atoms with Crippen LogP contribution in [0.3, 0.4) is 0 Å². The van der Waals surface area contributed by atoms with Gasteiger partial charge in [0.25, 0.3) is 0 Å². The van der Waals surface area contributed by atoms with Gasteiger partial charge < -0.3 is 14.6 Å². The molecular weight excluding hydrogens is 200 g/mol. The Morgan fingerprint density at radius 2 is 2.38 bits per heavy atom. The molecule has 0 aliphatic carbocycles. The van der Waals surface area contributed by atoms with E-state index in [9.17, 15) is 0 Å². The molecule has 1 aromatic heterocycles. The Bertz CT molecular complexity index is 317. The third kappa shape index (κ3) is 5.14. The molecule has 3 nitrogen and oxygen atoms in total. The second-order valence-electron chi connectivity index (χ2n) is 4.04. The largest absolute Gasteiger partial charge is 0.376 e. The fourth-order valence-corrected chi connectivity index (χ4v) is 1.42. The first-order chi connectivity index (χ1) is 7.72. The molecule has 1 aromatic rings. The minimum atomic E-state index is 0.661. The van der Waals surface area contributed by atoms with Crippen LogP contribution in [0.1, 0.15) is 19.4 Å². The molecule has 0 bridgehead atoms. The lowest BCUT2D eigenvalue weighted by molar-refractivity contribution is 0.158. The van der Waals surface area contributed by atoms with Crippen LogP contribution in [0, 0.1) is 0 Å². The summed E-state index contributed by atoms with van der Waals surface area (Å²) in [5.41, 5.74) is 2.39. The lowest BCUT2D eigenvalue weighted by Gasteiger charge is -2.05. The standard InChI is InChI=1S/C13H22N2O/c1-4-15-7-5-13(10-15)9-14-6-8-16-11-12(2)3/h5,7,10,14H,2,4,6,8-9,11H2,1,3H3. The van der Waals surface area contributed by atoms with Gasteiger partial charge >= 0.3 is 0 Å². The van der Waals surface area contributed by atoms with E-state index in [1.165, 1.54) is 5.56 Å². The van der Waals surface area contributed by atoms with Crippen LogP contribution in [0.25, 0.3) is 0 Å². The third-order valence-corrected chi connectivity index (χ3v) is 2.28. The zero-order valence-corrected chi connectivity index (χ0v) is 10.3. The number of aryl methyl sites for hydroxylation is 1. The molecule has 0 fully saturated rings. The van der Waals surface area contributed by atoms with Crippen LogP contribution < -0.4 is 5.32 Å². The van der Waals surface area contributed by atoms with Crippen molar-refractivity contribution in [2.45, 2.75) is 26.9 Å². The second-order valence-corrected chi connectivity index (χ2v) is 4.04. The minimum absolute atomic E-state index is 0.661. The number of hydrogen-bond donors (Lipinski definition) is 1. The van der Waals surface area contributed by atoms with Gasteiger partial charge in [0.2, 0.25) is 0 Å². The van der Waals surface area contributed by atoms with Crippen LogP contribution in [0.2, 0.25) is 0 Å². The molecule has 90 valence electrons. The van der Waals surface area contributed by atoms with Crippen molar-refractivity contribution < 1.29 is 4.74 Å². The van der Waals surface area contributed by atoms with E-state index in [0.29, 0.717) is 6.61 Å². The molecule has 1 rings (SSSR count). The van der Waals surface area contributed by atoms with Gasteiger partial charge in [-0.2, -0.15) is 0 Å². The number of hydrogen-bond acceptors (Lipinski definition) is 2. The molecule has 1 heterocycles. The molecule has 0 atom stereocenters. The van der Waals surface area contributed by atoms with E-state index in [-0.39, 0.29) is 0 Å². The summed E-state index contributed by atoms with van der Waals surface area (Å²) >= 11 is 0. The van der Waals surface area contributed by atoms with E-state index >= 15 is 0 Å². The molecular formula is C13H22N2O. The first-order valence-corrected chi connectivity index (χ1v) is 5.80. The first kappa shape index (κ1) is 13.0. The Labute approximate surface area is 98.1 Å². The summed E-state index contributed by atoms with van der Waals surface area (Å²) < 4.78 is 7.57. The van der Waals surface area contributed by atoms with Crippen LogP contribution in [-0.4, -0.2) is 24.3 Å². The Balaban J connectivity index is 2.04. The Morgan fingerprint density at radius 3 is 3.00 bits per heavy atom. The van der Waals surface area contributed by atoms with Crippen molar-refractivity contribution in [3.8, 4) is 0 Å². The predicted octanol–water partition coefficient (Wildman–Crippen LogP) is 2.19. The smallest absolute Gasteiger partial charge is 0.0672 e. The van der Waals surface area contributed by atoms with Crippen molar-refractivity contribution >= 4 is 0 Å². The summed E-state index contributed by atoms with van der Waals surface area (Å²) in [6.45, 7) is 12.1. The van der Waals surface area contributed by atoms with Crippen LogP contribution >= 0.6 is 0 Å². The highest BCUT2D eigenvalue weighted by Crippen LogP contribution is 2.00. The maximum absolute atomic E-state index is 5.39. The summed E-state index contributed by atoms with van der Waals surface area (Å²) in [6, 6.07) is 2.14. The number of rotatable bonds is 8. The summed E-state index contributed by atoms with van der Waals surface area (Å²) in [5.74, 6) is 0. The van der Waals surface area contributed by atoms with Gasteiger partial charge in [-0.1, -0.05) is 12.2 Å². The fourth-order valence-electron chi connectivity index (χ4n) is 1.42. The molecule has 0 aliphatic heterocycles. The van der Waals surface area contributed by atoms with Crippen LogP contribution in [0.5, 0.6) is 0 Å². The van der Waals surface area contributed by atoms with Crippen molar-refractivity contribution in [2.75, 3.05) is 19.8 Å². The molecule has 0 unspecified atom stereocenters. The highest BCUT2D eigenvalue weighted by atomic mass is 16.5. The van der Waals surface area contributed by atoms with E-state index in [0.717, 1.165) is 31.8 Å². The first-order valence-electron chi connectivity index (χ1n) is 5.80. The molecule has 1 N–H and O–H groups in total. The van der Waals surface area contributed by atoms with E-state index in [1.807, 2.05) is 6.92 Å². The van der Waals surface area contributed by atoms with Gasteiger partial charge in [-0.3, -0.25) is 0 Å². The van der Waals surface area contributed by atoms with Gasteiger partial charge in [0.15, 0.2) is 0 Å². The summed E-state index contributed by atoms with van der Waals surface area (Å²) in [6.07, 6.45) is 4.27. The maximum atomic E-state index is 5.39. The molecule has 0 saturated heterocycles. The lowest BCUT2D eigenvalue weighted by atomic mass is 10.3. The van der Waals surface area contributed by atoms with Gasteiger partial charge in [0.1, 0.15) is 0 Å². The van der Waals surface area contributed by atoms with Crippen LogP contribution in [-0.2, 0) is 17.8 Å². The summed E-state index contributed by atoms with van der Waals surface area (Å²) in [7, 11) is 0. The number of nitrogens with zero attached hydrogens (tertiary/aromatic N) is 1. The topological polar surface area (TPSA) is 26.2 Å². The summed E-state index contributed by atoms with van der Waals surface area (Å²) in [4.78, 5) is 0. The monoisotopic (exact) mass is 222 g/mol. The molecule has 0 saturated carbocycles. The average molecular weight is 222 g/mol. The van der Waals surface area contributed by atoms with Gasteiger partial charge in [-0.15, -0.1) is 0 Å². The van der Waals surface area contributed by atoms with E-state index in [2.05, 4.69) is 41.8 Å². The molecule has 3 heteroatoms. The molecule has 0 spiro atoms. The van der Waals surface area contributed by atoms with Crippen molar-refractivity contribution in [1.29, 1.82) is 0 Å². The third-order valence-electron chi connectivity index (χ3n) is 2.28. The normalized spacial score (nSPS) is 10.6. The van der Waals surface area contributed by atoms with Crippen molar-refractivity contribution in [3.63, 3.8) is 0 Å². The zero-order valence-electron chi connectivity index (χ0n) is 10.3. The fraction of sp³-hybridized carbons (Fsp3) is 0.538. The van der Waals surface area contributed by atoms with Gasteiger partial charge in [0, 0.05) is 32.0 Å². The SMILES string of the molecule is C=C(C)COCCNCc1ccn(CC)c1. The van der Waals surface area contributed by atoms with Crippen molar-refractivity contribution in [2.24, 2.45) is 0 Å². The Morgan fingerprint density at radius 1 is 1.56 bits per heavy atom. The molecule has 0 radical (unpaired) electrons. The molecule has 16 heavy (non-hydrogen) atoms. The second kappa shape index (κ2) is 7.25. The molecule has 0 aromatic carbocycles. The van der Waals surface area contributed by atoms with Gasteiger partial charge in [-0.05, 0) is 25.5 Å². The van der Waals surface area contributed by atoms with Crippen LogP contribution in [0.4, 0.5) is 0 Å². The number of nitrogens with one attached hydrogen (secondary N) is 1. The quantitative estimate of drug-likeness (QED) is 0.539. The molecule has 0 aliphatic rings. The highest BCUT2D eigenvalue weighted by molar-refractivity contribution is 5.09. The minimum Gasteiger partial charge on any atom is -0.376 e. The Hall–Kier alpha value is -1.06. The van der Waals surface area contributed by atoms with Crippen molar-refractivity contribution in [3.05, 3.63) is 36.2 Å². The Kier molecular flexibility index (Phi) is 5.90. The van der Waals surface area contributed by atoms with E-state index < -0.39 is 0 Å². The lowest BCUT2D eigenvalue weighted by Crippen LogP contribution is -2.19.